The zero-order valence-corrected chi connectivity index (χ0v) is 62.0. The third kappa shape index (κ3) is 77.4. The Morgan fingerprint density at radius 1 is 0.330 bits per heavy atom. The first kappa shape index (κ1) is 89.5. The van der Waals surface area contributed by atoms with Gasteiger partial charge in [-0.1, -0.05) is 417 Å². The van der Waals surface area contributed by atoms with Gasteiger partial charge in [-0.15, -0.1) is 0 Å². The summed E-state index contributed by atoms with van der Waals surface area (Å²) in [5.41, 5.74) is 5.42. The molecule has 0 saturated carbocycles. The minimum Gasteiger partial charge on any atom is -0.462 e. The number of rotatable bonds is 79. The van der Waals surface area contributed by atoms with Gasteiger partial charge in [0.2, 0.25) is 0 Å². The molecule has 0 aromatic heterocycles. The van der Waals surface area contributed by atoms with Crippen LogP contribution in [0.1, 0.15) is 450 Å². The minimum absolute atomic E-state index is 0.0569. The number of phosphoric ester groups is 1. The van der Waals surface area contributed by atoms with Crippen molar-refractivity contribution in [3.05, 3.63) is 24.3 Å². The summed E-state index contributed by atoms with van der Waals surface area (Å²) in [6, 6.07) is 0. The number of carbonyl (C=O) groups excluding carboxylic acids is 2. The summed E-state index contributed by atoms with van der Waals surface area (Å²) in [7, 11) is -4.39. The SMILES string of the molecule is CCCCCCC/C=C\C/C=C\CCCCCCCCCCCCCCCCCCCC(=O)OC(COC(=O)CCCCCCCCCCCCCCCCCCCCCCCCCCCCCCCCCCCCCCCCCCC)COP(=O)(O)OCCN. The Labute approximate surface area is 567 Å². The molecule has 9 nitrogen and oxygen atoms in total. The first-order valence-electron chi connectivity index (χ1n) is 40.8. The molecule has 0 aliphatic carbocycles. The van der Waals surface area contributed by atoms with Crippen LogP contribution in [0.25, 0.3) is 0 Å². The number of hydrogen-bond acceptors (Lipinski definition) is 8. The van der Waals surface area contributed by atoms with E-state index in [4.69, 9.17) is 24.3 Å². The first-order chi connectivity index (χ1) is 44.8. The highest BCUT2D eigenvalue weighted by Crippen LogP contribution is 2.43. The van der Waals surface area contributed by atoms with E-state index in [0.717, 1.165) is 38.5 Å². The van der Waals surface area contributed by atoms with E-state index in [1.165, 1.54) is 379 Å². The maximum absolute atomic E-state index is 12.8. The Kier molecular flexibility index (Phi) is 76.2. The Balaban J connectivity index is 3.71. The second-order valence-electron chi connectivity index (χ2n) is 28.0. The Hall–Kier alpha value is -1.51. The molecular weight excluding hydrogens is 1150 g/mol. The van der Waals surface area contributed by atoms with Crippen molar-refractivity contribution in [2.24, 2.45) is 5.73 Å². The maximum Gasteiger partial charge on any atom is 0.472 e. The minimum atomic E-state index is -4.39. The number of carbonyl (C=O) groups is 2. The Bertz CT molecular complexity index is 1540. The van der Waals surface area contributed by atoms with Crippen molar-refractivity contribution in [1.29, 1.82) is 0 Å². The molecule has 91 heavy (non-hydrogen) atoms. The van der Waals surface area contributed by atoms with Gasteiger partial charge in [-0.25, -0.2) is 4.57 Å². The average molecular weight is 1310 g/mol. The van der Waals surface area contributed by atoms with Crippen molar-refractivity contribution in [2.75, 3.05) is 26.4 Å². The third-order valence-corrected chi connectivity index (χ3v) is 19.8. The zero-order valence-electron chi connectivity index (χ0n) is 61.1. The highest BCUT2D eigenvalue weighted by molar-refractivity contribution is 7.47. The van der Waals surface area contributed by atoms with E-state index in [1.807, 2.05) is 0 Å². The number of nitrogens with two attached hydrogens (primary N) is 1. The highest BCUT2D eigenvalue weighted by Gasteiger charge is 2.26. The van der Waals surface area contributed by atoms with Gasteiger partial charge in [0.05, 0.1) is 13.2 Å². The van der Waals surface area contributed by atoms with Gasteiger partial charge < -0.3 is 20.1 Å². The number of phosphoric acid groups is 1. The number of allylic oxidation sites excluding steroid dienone is 4. The molecule has 0 aromatic carbocycles. The van der Waals surface area contributed by atoms with Crippen LogP contribution in [0, 0.1) is 0 Å². The average Bonchev–Trinajstić information content (AvgIpc) is 3.68. The van der Waals surface area contributed by atoms with Crippen LogP contribution in [-0.4, -0.2) is 49.3 Å². The summed E-state index contributed by atoms with van der Waals surface area (Å²) >= 11 is 0. The fourth-order valence-corrected chi connectivity index (χ4v) is 13.6. The largest absolute Gasteiger partial charge is 0.472 e. The van der Waals surface area contributed by atoms with E-state index in [1.54, 1.807) is 0 Å². The summed E-state index contributed by atoms with van der Waals surface area (Å²) in [5, 5.41) is 0. The summed E-state index contributed by atoms with van der Waals surface area (Å²) in [4.78, 5) is 35.4. The quantitative estimate of drug-likeness (QED) is 0.0264. The van der Waals surface area contributed by atoms with Crippen molar-refractivity contribution >= 4 is 19.8 Å². The van der Waals surface area contributed by atoms with Crippen molar-refractivity contribution < 1.29 is 37.6 Å². The van der Waals surface area contributed by atoms with Crippen LogP contribution in [0.5, 0.6) is 0 Å². The fourth-order valence-electron chi connectivity index (χ4n) is 12.8. The zero-order chi connectivity index (χ0) is 65.8. The van der Waals surface area contributed by atoms with E-state index in [0.29, 0.717) is 6.42 Å². The van der Waals surface area contributed by atoms with Crippen molar-refractivity contribution in [3.8, 4) is 0 Å². The monoisotopic (exact) mass is 1300 g/mol. The molecule has 2 unspecified atom stereocenters. The van der Waals surface area contributed by atoms with Crippen LogP contribution in [0.3, 0.4) is 0 Å². The lowest BCUT2D eigenvalue weighted by atomic mass is 10.0. The number of hydrogen-bond donors (Lipinski definition) is 2. The van der Waals surface area contributed by atoms with Crippen LogP contribution in [0.4, 0.5) is 0 Å². The summed E-state index contributed by atoms with van der Waals surface area (Å²) < 4.78 is 33.3. The molecular formula is C81H158NO8P. The van der Waals surface area contributed by atoms with Gasteiger partial charge in [0.25, 0.3) is 0 Å². The van der Waals surface area contributed by atoms with Gasteiger partial charge in [0.1, 0.15) is 6.61 Å². The molecule has 540 valence electrons. The van der Waals surface area contributed by atoms with Gasteiger partial charge >= 0.3 is 19.8 Å². The van der Waals surface area contributed by atoms with Crippen molar-refractivity contribution in [3.63, 3.8) is 0 Å². The van der Waals surface area contributed by atoms with E-state index in [9.17, 15) is 19.0 Å². The number of ether oxygens (including phenoxy) is 2. The van der Waals surface area contributed by atoms with Gasteiger partial charge in [-0.05, 0) is 44.9 Å². The molecule has 0 aliphatic rings. The molecule has 0 aromatic rings. The van der Waals surface area contributed by atoms with E-state index < -0.39 is 26.5 Å². The lowest BCUT2D eigenvalue weighted by molar-refractivity contribution is -0.161. The smallest absolute Gasteiger partial charge is 0.462 e. The highest BCUT2D eigenvalue weighted by atomic mass is 31.2. The van der Waals surface area contributed by atoms with Gasteiger partial charge in [0.15, 0.2) is 6.10 Å². The Morgan fingerprint density at radius 3 is 0.835 bits per heavy atom. The van der Waals surface area contributed by atoms with E-state index in [2.05, 4.69) is 38.2 Å². The molecule has 0 heterocycles. The third-order valence-electron chi connectivity index (χ3n) is 18.8. The van der Waals surface area contributed by atoms with Crippen molar-refractivity contribution in [1.82, 2.24) is 0 Å². The topological polar surface area (TPSA) is 134 Å². The van der Waals surface area contributed by atoms with Crippen LogP contribution in [-0.2, 0) is 32.7 Å². The van der Waals surface area contributed by atoms with Crippen molar-refractivity contribution in [2.45, 2.75) is 457 Å². The summed E-state index contributed by atoms with van der Waals surface area (Å²) in [6.07, 6.45) is 97.7. The first-order valence-corrected chi connectivity index (χ1v) is 42.3. The lowest BCUT2D eigenvalue weighted by Crippen LogP contribution is -2.29. The lowest BCUT2D eigenvalue weighted by Gasteiger charge is -2.19. The fraction of sp³-hybridized carbons (Fsp3) is 0.926. The molecule has 0 radical (unpaired) electrons. The molecule has 0 aliphatic heterocycles. The molecule has 0 spiro atoms. The molecule has 3 N–H and O–H groups in total. The van der Waals surface area contributed by atoms with Gasteiger partial charge in [0, 0.05) is 19.4 Å². The van der Waals surface area contributed by atoms with Crippen LogP contribution < -0.4 is 5.73 Å². The predicted molar refractivity (Wildman–Crippen MR) is 395 cm³/mol. The molecule has 10 heteroatoms. The molecule has 0 amide bonds. The second kappa shape index (κ2) is 77.5. The van der Waals surface area contributed by atoms with Gasteiger partial charge in [-0.2, -0.15) is 0 Å². The molecule has 0 saturated heterocycles. The Morgan fingerprint density at radius 2 is 0.571 bits per heavy atom. The van der Waals surface area contributed by atoms with E-state index in [-0.39, 0.29) is 38.6 Å². The summed E-state index contributed by atoms with van der Waals surface area (Å²) in [6.45, 7) is 3.83. The molecule has 0 fully saturated rings. The summed E-state index contributed by atoms with van der Waals surface area (Å²) in [5.74, 6) is -0.800. The molecule has 0 bridgehead atoms. The number of unbranched alkanes of at least 4 members (excludes halogenated alkanes) is 62. The van der Waals surface area contributed by atoms with E-state index >= 15 is 0 Å². The van der Waals surface area contributed by atoms with Crippen LogP contribution in [0.2, 0.25) is 0 Å². The van der Waals surface area contributed by atoms with Crippen LogP contribution in [0.15, 0.2) is 24.3 Å². The molecule has 0 rings (SSSR count). The van der Waals surface area contributed by atoms with Crippen LogP contribution >= 0.6 is 7.82 Å². The normalized spacial score (nSPS) is 12.9. The predicted octanol–water partition coefficient (Wildman–Crippen LogP) is 27.2. The maximum atomic E-state index is 12.8. The second-order valence-corrected chi connectivity index (χ2v) is 29.5. The number of esters is 2. The molecule has 2 atom stereocenters. The standard InChI is InChI=1S/C81H158NO8P/c1-3-5-7-9-11-13-15-17-19-21-23-25-27-29-31-33-34-35-36-37-38-39-40-41-42-43-44-46-47-49-51-53-55-57-59-61-63-65-67-69-71-73-80(83)87-77-79(78-89-91(85,86)88-76-75-82)90-81(84)74-72-70-68-66-64-62-60-58-56-54-52-50-48-45-32-30-28-26-24-22-20-18-16-14-12-10-8-6-4-2/h16,18,22,24,79H,3-15,17,19-21,23,25-78,82H2,1-2H3,(H,85,86)/b18-16-,24-22-. The van der Waals surface area contributed by atoms with Gasteiger partial charge in [-0.3, -0.25) is 18.6 Å².